The fourth-order valence-corrected chi connectivity index (χ4v) is 4.13. The summed E-state index contributed by atoms with van der Waals surface area (Å²) in [4.78, 5) is 35.8. The van der Waals surface area contributed by atoms with Crippen LogP contribution in [0.25, 0.3) is 0 Å². The van der Waals surface area contributed by atoms with Crippen molar-refractivity contribution < 1.29 is 24.2 Å². The Morgan fingerprint density at radius 1 is 1.07 bits per heavy atom. The summed E-state index contributed by atoms with van der Waals surface area (Å²) in [6.45, 7) is 5.83. The highest BCUT2D eigenvalue weighted by atomic mass is 16.5. The Bertz CT molecular complexity index is 552. The molecule has 1 rings (SSSR count). The molecule has 0 bridgehead atoms. The first-order chi connectivity index (χ1) is 14.3. The molecule has 3 atom stereocenters. The van der Waals surface area contributed by atoms with E-state index in [2.05, 4.69) is 13.0 Å². The number of rotatable bonds is 16. The van der Waals surface area contributed by atoms with Gasteiger partial charge in [0, 0.05) is 31.6 Å². The first kappa shape index (κ1) is 26.5. The van der Waals surface area contributed by atoms with Crippen molar-refractivity contribution >= 4 is 17.5 Å². The Hall–Kier alpha value is -1.49. The van der Waals surface area contributed by atoms with E-state index in [1.807, 2.05) is 19.9 Å². The molecule has 1 aliphatic rings. The predicted octanol–water partition coefficient (Wildman–Crippen LogP) is 5.33. The molecule has 0 saturated heterocycles. The number of ether oxygens (including phenoxy) is 1. The highest BCUT2D eigenvalue weighted by Gasteiger charge is 2.40. The molecular weight excluding hydrogens is 380 g/mol. The van der Waals surface area contributed by atoms with E-state index in [4.69, 9.17) is 4.74 Å². The lowest BCUT2D eigenvalue weighted by molar-refractivity contribution is -0.147. The van der Waals surface area contributed by atoms with Gasteiger partial charge in [0.05, 0.1) is 12.2 Å². The summed E-state index contributed by atoms with van der Waals surface area (Å²) in [7, 11) is 0. The molecule has 1 N–H and O–H groups in total. The van der Waals surface area contributed by atoms with Crippen LogP contribution >= 0.6 is 0 Å². The molecule has 5 heteroatoms. The molecule has 0 aromatic carbocycles. The van der Waals surface area contributed by atoms with Crippen molar-refractivity contribution in [3.63, 3.8) is 0 Å². The quantitative estimate of drug-likeness (QED) is 0.206. The Balaban J connectivity index is 2.26. The smallest absolute Gasteiger partial charge is 0.306 e. The number of unbranched alkanes of at least 4 members (excludes halogenated alkanes) is 5. The normalized spacial score (nSPS) is 21.6. The van der Waals surface area contributed by atoms with E-state index < -0.39 is 6.10 Å². The van der Waals surface area contributed by atoms with Gasteiger partial charge in [0.2, 0.25) is 0 Å². The molecule has 1 aliphatic carbocycles. The monoisotopic (exact) mass is 422 g/mol. The van der Waals surface area contributed by atoms with Gasteiger partial charge >= 0.3 is 5.97 Å². The Morgan fingerprint density at radius 2 is 1.80 bits per heavy atom. The fraction of sp³-hybridized carbons (Fsp3) is 0.800. The van der Waals surface area contributed by atoms with Crippen molar-refractivity contribution in [2.45, 2.75) is 116 Å². The molecule has 0 spiro atoms. The summed E-state index contributed by atoms with van der Waals surface area (Å²) >= 11 is 0. The Kier molecular flexibility index (Phi) is 13.6. The summed E-state index contributed by atoms with van der Waals surface area (Å²) in [5.41, 5.74) is 0. The summed E-state index contributed by atoms with van der Waals surface area (Å²) in [6, 6.07) is 0. The molecule has 2 unspecified atom stereocenters. The maximum Gasteiger partial charge on any atom is 0.306 e. The van der Waals surface area contributed by atoms with Crippen LogP contribution in [0.4, 0.5) is 0 Å². The molecule has 1 fully saturated rings. The van der Waals surface area contributed by atoms with Gasteiger partial charge in [0.25, 0.3) is 0 Å². The average molecular weight is 423 g/mol. The minimum absolute atomic E-state index is 0.0553. The van der Waals surface area contributed by atoms with E-state index in [0.717, 1.165) is 44.9 Å². The summed E-state index contributed by atoms with van der Waals surface area (Å²) in [5, 5.41) is 10.3. The number of allylic oxidation sites excluding steroid dienone is 2. The third kappa shape index (κ3) is 11.1. The van der Waals surface area contributed by atoms with Crippen LogP contribution in [0.1, 0.15) is 104 Å². The van der Waals surface area contributed by atoms with Crippen LogP contribution in [-0.2, 0) is 19.1 Å². The van der Waals surface area contributed by atoms with Gasteiger partial charge in [0.1, 0.15) is 11.6 Å². The number of carbonyl (C=O) groups excluding carboxylic acids is 3. The van der Waals surface area contributed by atoms with E-state index in [-0.39, 0.29) is 41.9 Å². The first-order valence-corrected chi connectivity index (χ1v) is 11.9. The zero-order chi connectivity index (χ0) is 22.4. The van der Waals surface area contributed by atoms with Gasteiger partial charge in [-0.3, -0.25) is 14.4 Å². The predicted molar refractivity (Wildman–Crippen MR) is 119 cm³/mol. The molecule has 0 aromatic rings. The van der Waals surface area contributed by atoms with Gasteiger partial charge in [-0.05, 0) is 58.3 Å². The van der Waals surface area contributed by atoms with Crippen LogP contribution in [0.5, 0.6) is 0 Å². The molecule has 0 radical (unpaired) electrons. The number of hydrogen-bond donors (Lipinski definition) is 1. The largest absolute Gasteiger partial charge is 0.463 e. The van der Waals surface area contributed by atoms with Crippen LogP contribution < -0.4 is 0 Å². The topological polar surface area (TPSA) is 80.7 Å². The molecule has 0 heterocycles. The minimum atomic E-state index is -0.607. The van der Waals surface area contributed by atoms with E-state index >= 15 is 0 Å². The summed E-state index contributed by atoms with van der Waals surface area (Å²) in [6.07, 6.45) is 13.4. The Morgan fingerprint density at radius 3 is 2.50 bits per heavy atom. The van der Waals surface area contributed by atoms with Crippen molar-refractivity contribution in [3.8, 4) is 0 Å². The van der Waals surface area contributed by atoms with Crippen LogP contribution in [0, 0.1) is 11.8 Å². The van der Waals surface area contributed by atoms with Crippen LogP contribution in [0.3, 0.4) is 0 Å². The number of ketones is 2. The first-order valence-electron chi connectivity index (χ1n) is 11.9. The second-order valence-corrected chi connectivity index (χ2v) is 8.89. The summed E-state index contributed by atoms with van der Waals surface area (Å²) in [5.74, 6) is -0.00992. The van der Waals surface area contributed by atoms with Crippen LogP contribution in [0.15, 0.2) is 12.2 Å². The lowest BCUT2D eigenvalue weighted by Gasteiger charge is -2.19. The highest BCUT2D eigenvalue weighted by Crippen LogP contribution is 2.35. The maximum atomic E-state index is 12.3. The fourth-order valence-electron chi connectivity index (χ4n) is 4.13. The summed E-state index contributed by atoms with van der Waals surface area (Å²) < 4.78 is 5.11. The average Bonchev–Trinajstić information content (AvgIpc) is 2.94. The van der Waals surface area contributed by atoms with Gasteiger partial charge in [-0.15, -0.1) is 0 Å². The zero-order valence-corrected chi connectivity index (χ0v) is 19.2. The van der Waals surface area contributed by atoms with Gasteiger partial charge in [-0.1, -0.05) is 38.3 Å². The molecule has 0 aromatic heterocycles. The number of carbonyl (C=O) groups is 3. The number of hydrogen-bond acceptors (Lipinski definition) is 5. The lowest BCUT2D eigenvalue weighted by atomic mass is 9.86. The standard InChI is InChI=1S/C25H42O5/c1-4-5-10-13-20(26)16-17-22-21(23(27)18-24(22)28)14-11-8-6-7-9-12-15-25(29)30-19(2)3/h8,11,19,21-22,24,28H,4-7,9-10,12-18H2,1-3H3/t21?,22-,24?/m1/s1. The van der Waals surface area contributed by atoms with Crippen molar-refractivity contribution in [1.29, 1.82) is 0 Å². The number of esters is 1. The van der Waals surface area contributed by atoms with E-state index in [1.54, 1.807) is 0 Å². The molecule has 172 valence electrons. The van der Waals surface area contributed by atoms with E-state index in [1.165, 1.54) is 0 Å². The molecular formula is C25H42O5. The van der Waals surface area contributed by atoms with Gasteiger partial charge in [-0.2, -0.15) is 0 Å². The van der Waals surface area contributed by atoms with Crippen molar-refractivity contribution in [2.24, 2.45) is 11.8 Å². The van der Waals surface area contributed by atoms with Crippen molar-refractivity contribution in [2.75, 3.05) is 0 Å². The molecule has 1 saturated carbocycles. The van der Waals surface area contributed by atoms with Gasteiger partial charge in [-0.25, -0.2) is 0 Å². The highest BCUT2D eigenvalue weighted by molar-refractivity contribution is 5.84. The zero-order valence-electron chi connectivity index (χ0n) is 19.2. The second-order valence-electron chi connectivity index (χ2n) is 8.89. The van der Waals surface area contributed by atoms with Gasteiger partial charge in [0.15, 0.2) is 0 Å². The number of aliphatic hydroxyl groups is 1. The molecule has 30 heavy (non-hydrogen) atoms. The third-order valence-electron chi connectivity index (χ3n) is 5.83. The van der Waals surface area contributed by atoms with Crippen LogP contribution in [0.2, 0.25) is 0 Å². The number of aliphatic hydroxyl groups excluding tert-OH is 1. The number of Topliss-reactive ketones (excluding diaryl/α,β-unsaturated/α-hetero) is 2. The second kappa shape index (κ2) is 15.3. The lowest BCUT2D eigenvalue weighted by Crippen LogP contribution is -2.21. The Labute approximate surface area is 182 Å². The molecule has 0 aliphatic heterocycles. The third-order valence-corrected chi connectivity index (χ3v) is 5.83. The van der Waals surface area contributed by atoms with Gasteiger partial charge < -0.3 is 9.84 Å². The SMILES string of the molecule is CCCCCC(=O)CC[C@H]1C(O)CC(=O)C1CC=CCCCCCC(=O)OC(C)C. The minimum Gasteiger partial charge on any atom is -0.463 e. The maximum absolute atomic E-state index is 12.3. The van der Waals surface area contributed by atoms with Crippen LogP contribution in [-0.4, -0.2) is 34.9 Å². The van der Waals surface area contributed by atoms with E-state index in [0.29, 0.717) is 32.1 Å². The molecule has 5 nitrogen and oxygen atoms in total. The van der Waals surface area contributed by atoms with E-state index in [9.17, 15) is 19.5 Å². The molecule has 0 amide bonds. The van der Waals surface area contributed by atoms with Crippen molar-refractivity contribution in [3.05, 3.63) is 12.2 Å². The van der Waals surface area contributed by atoms with Crippen molar-refractivity contribution in [1.82, 2.24) is 0 Å².